The van der Waals surface area contributed by atoms with E-state index in [4.69, 9.17) is 4.42 Å². The molecule has 0 saturated heterocycles. The van der Waals surface area contributed by atoms with Crippen molar-refractivity contribution in [2.45, 2.75) is 6.10 Å². The molecule has 6 heteroatoms. The van der Waals surface area contributed by atoms with Crippen LogP contribution in [0.15, 0.2) is 27.6 Å². The minimum atomic E-state index is -0.808. The number of hydrogen-bond donors (Lipinski definition) is 1. The Labute approximate surface area is 88.5 Å². The predicted molar refractivity (Wildman–Crippen MR) is 51.5 cm³/mol. The van der Waals surface area contributed by atoms with Crippen LogP contribution in [0.25, 0.3) is 0 Å². The Balaban J connectivity index is 2.33. The number of nitrogens with zero attached hydrogens (tertiary/aromatic N) is 3. The van der Waals surface area contributed by atoms with Crippen LogP contribution in [-0.4, -0.2) is 20.1 Å². The molecular weight excluding hydrogens is 250 g/mol. The molecule has 0 amide bonds. The molecule has 1 N–H and O–H groups in total. The molecule has 5 nitrogen and oxygen atoms in total. The van der Waals surface area contributed by atoms with Gasteiger partial charge in [0.2, 0.25) is 0 Å². The molecular formula is C8H8BrN3O2. The van der Waals surface area contributed by atoms with Crippen LogP contribution < -0.4 is 0 Å². The largest absolute Gasteiger partial charge is 0.457 e. The fraction of sp³-hybridized carbons (Fsp3) is 0.250. The van der Waals surface area contributed by atoms with E-state index in [1.54, 1.807) is 19.3 Å². The average molecular weight is 258 g/mol. The lowest BCUT2D eigenvalue weighted by molar-refractivity contribution is 0.213. The second-order valence-electron chi connectivity index (χ2n) is 2.87. The molecule has 2 heterocycles. The number of rotatable bonds is 2. The number of aliphatic hydroxyl groups excluding tert-OH is 1. The van der Waals surface area contributed by atoms with Gasteiger partial charge in [-0.15, -0.1) is 5.10 Å². The topological polar surface area (TPSA) is 64.1 Å². The highest BCUT2D eigenvalue weighted by Gasteiger charge is 2.18. The second-order valence-corrected chi connectivity index (χ2v) is 3.59. The number of aryl methyl sites for hydroxylation is 1. The van der Waals surface area contributed by atoms with Crippen LogP contribution in [0.3, 0.4) is 0 Å². The smallest absolute Gasteiger partial charge is 0.175 e. The molecule has 0 spiro atoms. The third-order valence-corrected chi connectivity index (χ3v) is 2.49. The molecule has 14 heavy (non-hydrogen) atoms. The van der Waals surface area contributed by atoms with Gasteiger partial charge >= 0.3 is 0 Å². The van der Waals surface area contributed by atoms with Gasteiger partial charge in [0.25, 0.3) is 0 Å². The number of aliphatic hydroxyl groups is 1. The first-order chi connectivity index (χ1) is 6.68. The summed E-state index contributed by atoms with van der Waals surface area (Å²) in [7, 11) is 1.74. The van der Waals surface area contributed by atoms with E-state index in [0.29, 0.717) is 15.9 Å². The van der Waals surface area contributed by atoms with Crippen molar-refractivity contribution in [3.05, 3.63) is 34.5 Å². The molecule has 0 aliphatic rings. The van der Waals surface area contributed by atoms with E-state index in [1.807, 2.05) is 0 Å². The monoisotopic (exact) mass is 257 g/mol. The normalized spacial score (nSPS) is 13.1. The van der Waals surface area contributed by atoms with Crippen molar-refractivity contribution >= 4 is 15.9 Å². The van der Waals surface area contributed by atoms with Crippen LogP contribution in [0.2, 0.25) is 0 Å². The van der Waals surface area contributed by atoms with Crippen molar-refractivity contribution < 1.29 is 9.52 Å². The summed E-state index contributed by atoms with van der Waals surface area (Å²) in [5.41, 5.74) is 1.14. The molecule has 1 unspecified atom stereocenters. The molecule has 0 radical (unpaired) electrons. The van der Waals surface area contributed by atoms with E-state index < -0.39 is 6.10 Å². The first-order valence-electron chi connectivity index (χ1n) is 3.95. The maximum atomic E-state index is 9.87. The summed E-state index contributed by atoms with van der Waals surface area (Å²) in [5, 5.41) is 17.4. The van der Waals surface area contributed by atoms with Crippen molar-refractivity contribution in [3.8, 4) is 0 Å². The van der Waals surface area contributed by atoms with E-state index in [-0.39, 0.29) is 0 Å². The maximum absolute atomic E-state index is 9.87. The molecule has 0 aliphatic heterocycles. The summed E-state index contributed by atoms with van der Waals surface area (Å²) in [6.45, 7) is 0. The summed E-state index contributed by atoms with van der Waals surface area (Å²) in [6.07, 6.45) is 2.35. The van der Waals surface area contributed by atoms with E-state index in [0.717, 1.165) is 0 Å². The third kappa shape index (κ3) is 1.58. The van der Waals surface area contributed by atoms with Crippen LogP contribution in [0.1, 0.15) is 17.4 Å². The highest BCUT2D eigenvalue weighted by molar-refractivity contribution is 9.10. The van der Waals surface area contributed by atoms with Gasteiger partial charge in [0.05, 0.1) is 12.5 Å². The Morgan fingerprint density at radius 3 is 2.93 bits per heavy atom. The van der Waals surface area contributed by atoms with E-state index in [9.17, 15) is 5.11 Å². The minimum absolute atomic E-state index is 0.495. The molecule has 74 valence electrons. The van der Waals surface area contributed by atoms with Gasteiger partial charge in [0.1, 0.15) is 11.8 Å². The lowest BCUT2D eigenvalue weighted by Crippen LogP contribution is -1.99. The minimum Gasteiger partial charge on any atom is -0.457 e. The Morgan fingerprint density at radius 2 is 2.43 bits per heavy atom. The SMILES string of the molecule is Cn1cc(C(O)c2ccoc2Br)nn1. The Kier molecular flexibility index (Phi) is 2.39. The number of furan rings is 1. The molecule has 1 atom stereocenters. The van der Waals surface area contributed by atoms with Crippen molar-refractivity contribution in [1.29, 1.82) is 0 Å². The van der Waals surface area contributed by atoms with Crippen molar-refractivity contribution in [1.82, 2.24) is 15.0 Å². The summed E-state index contributed by atoms with van der Waals surface area (Å²) < 4.78 is 7.06. The highest BCUT2D eigenvalue weighted by atomic mass is 79.9. The standard InChI is InChI=1S/C8H8BrN3O2/c1-12-4-6(10-11-12)7(13)5-2-3-14-8(5)9/h2-4,7,13H,1H3. The lowest BCUT2D eigenvalue weighted by atomic mass is 10.1. The van der Waals surface area contributed by atoms with Gasteiger partial charge in [0.15, 0.2) is 4.67 Å². The fourth-order valence-corrected chi connectivity index (χ4v) is 1.61. The van der Waals surface area contributed by atoms with Crippen molar-refractivity contribution in [2.24, 2.45) is 7.05 Å². The van der Waals surface area contributed by atoms with E-state index >= 15 is 0 Å². The Morgan fingerprint density at radius 1 is 1.64 bits per heavy atom. The summed E-state index contributed by atoms with van der Waals surface area (Å²) >= 11 is 3.19. The van der Waals surface area contributed by atoms with Gasteiger partial charge in [0, 0.05) is 12.6 Å². The first-order valence-corrected chi connectivity index (χ1v) is 4.75. The molecule has 0 aliphatic carbocycles. The Bertz CT molecular complexity index is 437. The van der Waals surface area contributed by atoms with Crippen LogP contribution >= 0.6 is 15.9 Å². The van der Waals surface area contributed by atoms with Crippen LogP contribution in [0, 0.1) is 0 Å². The molecule has 0 saturated carbocycles. The zero-order chi connectivity index (χ0) is 10.1. The van der Waals surface area contributed by atoms with Gasteiger partial charge in [-0.25, -0.2) is 0 Å². The highest BCUT2D eigenvalue weighted by Crippen LogP contribution is 2.27. The van der Waals surface area contributed by atoms with Gasteiger partial charge in [-0.2, -0.15) is 0 Å². The lowest BCUT2D eigenvalue weighted by Gasteiger charge is -2.03. The molecule has 2 aromatic heterocycles. The molecule has 0 bridgehead atoms. The third-order valence-electron chi connectivity index (χ3n) is 1.84. The molecule has 0 aromatic carbocycles. The van der Waals surface area contributed by atoms with Crippen LogP contribution in [0.4, 0.5) is 0 Å². The van der Waals surface area contributed by atoms with Gasteiger partial charge < -0.3 is 9.52 Å². The molecule has 2 aromatic rings. The summed E-state index contributed by atoms with van der Waals surface area (Å²) in [6, 6.07) is 1.68. The fourth-order valence-electron chi connectivity index (χ4n) is 1.15. The van der Waals surface area contributed by atoms with E-state index in [2.05, 4.69) is 26.2 Å². The Hall–Kier alpha value is -1.14. The number of hydrogen-bond acceptors (Lipinski definition) is 4. The molecule has 0 fully saturated rings. The van der Waals surface area contributed by atoms with E-state index in [1.165, 1.54) is 10.9 Å². The van der Waals surface area contributed by atoms with Gasteiger partial charge in [-0.05, 0) is 22.0 Å². The van der Waals surface area contributed by atoms with Crippen LogP contribution in [-0.2, 0) is 7.05 Å². The van der Waals surface area contributed by atoms with Crippen molar-refractivity contribution in [2.75, 3.05) is 0 Å². The number of halogens is 1. The van der Waals surface area contributed by atoms with Crippen molar-refractivity contribution in [3.63, 3.8) is 0 Å². The van der Waals surface area contributed by atoms with Gasteiger partial charge in [-0.3, -0.25) is 4.68 Å². The molecule has 2 rings (SSSR count). The number of aromatic nitrogens is 3. The predicted octanol–water partition coefficient (Wildman–Crippen LogP) is 1.25. The summed E-state index contributed by atoms with van der Waals surface area (Å²) in [4.78, 5) is 0. The van der Waals surface area contributed by atoms with Gasteiger partial charge in [-0.1, -0.05) is 5.21 Å². The maximum Gasteiger partial charge on any atom is 0.175 e. The average Bonchev–Trinajstić information content (AvgIpc) is 2.73. The quantitative estimate of drug-likeness (QED) is 0.880. The zero-order valence-electron chi connectivity index (χ0n) is 7.38. The zero-order valence-corrected chi connectivity index (χ0v) is 8.97. The summed E-state index contributed by atoms with van der Waals surface area (Å²) in [5.74, 6) is 0. The second kappa shape index (κ2) is 3.55. The van der Waals surface area contributed by atoms with Crippen LogP contribution in [0.5, 0.6) is 0 Å². The first kappa shape index (κ1) is 9.42.